The highest BCUT2D eigenvalue weighted by Crippen LogP contribution is 2.52. The molecule has 288 valence electrons. The van der Waals surface area contributed by atoms with Crippen LogP contribution in [0.2, 0.25) is 0 Å². The van der Waals surface area contributed by atoms with Crippen molar-refractivity contribution in [3.05, 3.63) is 199 Å². The molecule has 0 unspecified atom stereocenters. The third-order valence-corrected chi connectivity index (χ3v) is 14.3. The second-order valence-corrected chi connectivity index (χ2v) is 17.9. The lowest BCUT2D eigenvalue weighted by Crippen LogP contribution is -2.14. The Morgan fingerprint density at radius 3 is 2.10 bits per heavy atom. The molecule has 0 saturated heterocycles. The van der Waals surface area contributed by atoms with Crippen LogP contribution in [0, 0.1) is 0 Å². The van der Waals surface area contributed by atoms with Gasteiger partial charge in [0.15, 0.2) is 0 Å². The van der Waals surface area contributed by atoms with E-state index in [9.17, 15) is 0 Å². The number of fused-ring (bicyclic) bond motifs is 12. The molecule has 61 heavy (non-hydrogen) atoms. The Hall–Kier alpha value is -7.40. The highest BCUT2D eigenvalue weighted by atomic mass is 32.1. The Morgan fingerprint density at radius 2 is 1.18 bits per heavy atom. The van der Waals surface area contributed by atoms with Crippen molar-refractivity contribution in [2.24, 2.45) is 0 Å². The number of benzene rings is 9. The van der Waals surface area contributed by atoms with Crippen LogP contribution in [-0.4, -0.2) is 0 Å². The van der Waals surface area contributed by atoms with Gasteiger partial charge in [0, 0.05) is 65.4 Å². The van der Waals surface area contributed by atoms with E-state index in [2.05, 4.69) is 201 Å². The number of nitrogens with zero attached hydrogens (tertiary/aromatic N) is 1. The van der Waals surface area contributed by atoms with Gasteiger partial charge >= 0.3 is 0 Å². The topological polar surface area (TPSA) is 29.5 Å². The molecule has 0 atom stereocenters. The number of anilines is 3. The average Bonchev–Trinajstić information content (AvgIpc) is 4.04. The Labute approximate surface area is 356 Å². The summed E-state index contributed by atoms with van der Waals surface area (Å²) in [7, 11) is 0. The lowest BCUT2D eigenvalue weighted by Gasteiger charge is -2.26. The first-order valence-corrected chi connectivity index (χ1v) is 21.7. The van der Waals surface area contributed by atoms with Crippen molar-refractivity contribution in [2.45, 2.75) is 19.3 Å². The molecular formula is C57H37NO2S. The zero-order chi connectivity index (χ0) is 40.4. The van der Waals surface area contributed by atoms with Crippen LogP contribution in [0.25, 0.3) is 97.4 Å². The highest BCUT2D eigenvalue weighted by Gasteiger charge is 2.36. The van der Waals surface area contributed by atoms with Gasteiger partial charge in [-0.05, 0) is 93.5 Å². The molecule has 3 aromatic heterocycles. The Bertz CT molecular complexity index is 3750. The van der Waals surface area contributed by atoms with E-state index >= 15 is 0 Å². The smallest absolute Gasteiger partial charge is 0.144 e. The van der Waals surface area contributed by atoms with Gasteiger partial charge < -0.3 is 13.7 Å². The lowest BCUT2D eigenvalue weighted by molar-refractivity contribution is 0.660. The third kappa shape index (κ3) is 5.03. The number of para-hydroxylation sites is 1. The van der Waals surface area contributed by atoms with Crippen molar-refractivity contribution in [2.75, 3.05) is 4.90 Å². The van der Waals surface area contributed by atoms with E-state index in [4.69, 9.17) is 8.83 Å². The van der Waals surface area contributed by atoms with Crippen LogP contribution in [-0.2, 0) is 5.41 Å². The molecule has 1 aliphatic rings. The van der Waals surface area contributed by atoms with Crippen LogP contribution in [0.5, 0.6) is 0 Å². The predicted octanol–water partition coefficient (Wildman–Crippen LogP) is 17.0. The SMILES string of the molecule is CC1(C)c2ccccc2-c2ccc(-c3c4oc5cc(N(c6cccc(-c7ccccc7)c6)c6cccc7c6sc6ccccc67)ccc5c4cc4oc5ccccc5c34)cc21. The molecule has 3 nitrogen and oxygen atoms in total. The fraction of sp³-hybridized carbons (Fsp3) is 0.0526. The summed E-state index contributed by atoms with van der Waals surface area (Å²) in [5.41, 5.74) is 16.3. The van der Waals surface area contributed by atoms with Crippen molar-refractivity contribution < 1.29 is 8.83 Å². The van der Waals surface area contributed by atoms with E-state index in [0.717, 1.165) is 77.6 Å². The molecule has 0 saturated carbocycles. The second kappa shape index (κ2) is 12.8. The van der Waals surface area contributed by atoms with Crippen molar-refractivity contribution in [1.29, 1.82) is 0 Å². The first-order valence-electron chi connectivity index (χ1n) is 20.9. The first-order chi connectivity index (χ1) is 30.0. The van der Waals surface area contributed by atoms with Gasteiger partial charge in [0.2, 0.25) is 0 Å². The fourth-order valence-electron chi connectivity index (χ4n) is 10.2. The van der Waals surface area contributed by atoms with E-state index in [1.807, 2.05) is 17.4 Å². The number of hydrogen-bond acceptors (Lipinski definition) is 4. The quantitative estimate of drug-likeness (QED) is 0.174. The maximum absolute atomic E-state index is 7.22. The number of hydrogen-bond donors (Lipinski definition) is 0. The largest absolute Gasteiger partial charge is 0.456 e. The van der Waals surface area contributed by atoms with Crippen LogP contribution < -0.4 is 4.90 Å². The van der Waals surface area contributed by atoms with Gasteiger partial charge in [-0.25, -0.2) is 0 Å². The summed E-state index contributed by atoms with van der Waals surface area (Å²) in [5, 5.41) is 6.78. The van der Waals surface area contributed by atoms with Crippen molar-refractivity contribution in [3.63, 3.8) is 0 Å². The molecular weight excluding hydrogens is 763 g/mol. The van der Waals surface area contributed by atoms with Gasteiger partial charge in [-0.2, -0.15) is 0 Å². The molecule has 0 fully saturated rings. The van der Waals surface area contributed by atoms with E-state index in [1.54, 1.807) is 0 Å². The maximum Gasteiger partial charge on any atom is 0.144 e. The van der Waals surface area contributed by atoms with Gasteiger partial charge in [-0.1, -0.05) is 141 Å². The van der Waals surface area contributed by atoms with Crippen LogP contribution in [0.15, 0.2) is 197 Å². The Balaban J connectivity index is 1.06. The van der Waals surface area contributed by atoms with E-state index in [1.165, 1.54) is 48.0 Å². The van der Waals surface area contributed by atoms with Crippen LogP contribution in [0.4, 0.5) is 17.1 Å². The number of furan rings is 2. The van der Waals surface area contributed by atoms with Gasteiger partial charge in [-0.15, -0.1) is 11.3 Å². The molecule has 4 heteroatoms. The Kier molecular flexibility index (Phi) is 7.23. The van der Waals surface area contributed by atoms with Crippen LogP contribution in [0.1, 0.15) is 25.0 Å². The minimum atomic E-state index is -0.144. The van der Waals surface area contributed by atoms with E-state index in [-0.39, 0.29) is 5.41 Å². The average molecular weight is 800 g/mol. The van der Waals surface area contributed by atoms with Gasteiger partial charge in [-0.3, -0.25) is 0 Å². The molecule has 0 amide bonds. The van der Waals surface area contributed by atoms with Crippen molar-refractivity contribution in [1.82, 2.24) is 0 Å². The van der Waals surface area contributed by atoms with E-state index < -0.39 is 0 Å². The summed E-state index contributed by atoms with van der Waals surface area (Å²) in [5.74, 6) is 0. The maximum atomic E-state index is 7.22. The zero-order valence-electron chi connectivity index (χ0n) is 33.6. The molecule has 0 bridgehead atoms. The summed E-state index contributed by atoms with van der Waals surface area (Å²) in [6.45, 7) is 4.68. The first kappa shape index (κ1) is 34.5. The van der Waals surface area contributed by atoms with Crippen LogP contribution >= 0.6 is 11.3 Å². The number of rotatable bonds is 5. The summed E-state index contributed by atoms with van der Waals surface area (Å²) in [6.07, 6.45) is 0. The molecule has 3 heterocycles. The molecule has 0 N–H and O–H groups in total. The molecule has 0 radical (unpaired) electrons. The summed E-state index contributed by atoms with van der Waals surface area (Å²) in [6, 6.07) is 68.0. The molecule has 12 aromatic rings. The molecule has 0 aliphatic heterocycles. The van der Waals surface area contributed by atoms with Gasteiger partial charge in [0.1, 0.15) is 22.3 Å². The second-order valence-electron chi connectivity index (χ2n) is 16.8. The number of thiophene rings is 1. The summed E-state index contributed by atoms with van der Waals surface area (Å²) in [4.78, 5) is 2.40. The molecule has 9 aromatic carbocycles. The zero-order valence-corrected chi connectivity index (χ0v) is 34.4. The lowest BCUT2D eigenvalue weighted by atomic mass is 9.81. The van der Waals surface area contributed by atoms with E-state index in [0.29, 0.717) is 0 Å². The molecule has 0 spiro atoms. The van der Waals surface area contributed by atoms with Crippen molar-refractivity contribution >= 4 is 92.4 Å². The standard InChI is InChI=1S/C57H37NO2S/c1-57(2)46-22-9-6-18-39(46)40-28-26-36(31-47(40)57)53-54-44-20-7-10-24-49(44)59-51(54)33-45-41-29-27-38(32-50(41)60-55(45)53)58(37-17-12-16-35(30-37)34-14-4-3-5-15-34)48-23-13-21-43-42-19-8-11-25-52(42)61-56(43)48/h3-33H,1-2H3. The summed E-state index contributed by atoms with van der Waals surface area (Å²) >= 11 is 1.85. The summed E-state index contributed by atoms with van der Waals surface area (Å²) < 4.78 is 16.4. The highest BCUT2D eigenvalue weighted by molar-refractivity contribution is 7.26. The van der Waals surface area contributed by atoms with Gasteiger partial charge in [0.25, 0.3) is 0 Å². The van der Waals surface area contributed by atoms with Crippen LogP contribution in [0.3, 0.4) is 0 Å². The minimum absolute atomic E-state index is 0.144. The van der Waals surface area contributed by atoms with Crippen molar-refractivity contribution in [3.8, 4) is 33.4 Å². The fourth-order valence-corrected chi connectivity index (χ4v) is 11.4. The third-order valence-electron chi connectivity index (χ3n) is 13.1. The minimum Gasteiger partial charge on any atom is -0.456 e. The molecule has 1 aliphatic carbocycles. The Morgan fingerprint density at radius 1 is 0.443 bits per heavy atom. The normalized spacial score (nSPS) is 13.2. The molecule has 13 rings (SSSR count). The van der Waals surface area contributed by atoms with Gasteiger partial charge in [0.05, 0.1) is 10.4 Å². The monoisotopic (exact) mass is 799 g/mol. The predicted molar refractivity (Wildman–Crippen MR) is 257 cm³/mol.